The fraction of sp³-hybridized carbons (Fsp3) is 0.154. The van der Waals surface area contributed by atoms with Crippen molar-refractivity contribution in [1.29, 1.82) is 0 Å². The summed E-state index contributed by atoms with van der Waals surface area (Å²) in [7, 11) is 0. The van der Waals surface area contributed by atoms with Crippen LogP contribution in [0.1, 0.15) is 11.1 Å². The lowest BCUT2D eigenvalue weighted by molar-refractivity contribution is -0.384. The Balaban J connectivity index is 2.04. The molecule has 1 N–H and O–H groups in total. The number of hydrogen-bond acceptors (Lipinski definition) is 4. The van der Waals surface area contributed by atoms with Gasteiger partial charge in [-0.3, -0.25) is 10.1 Å². The molecule has 1 aromatic carbocycles. The molecule has 0 atom stereocenters. The summed E-state index contributed by atoms with van der Waals surface area (Å²) in [5.74, 6) is 0.807. The highest BCUT2D eigenvalue weighted by atomic mass is 79.9. The van der Waals surface area contributed by atoms with Gasteiger partial charge in [-0.05, 0) is 40.0 Å². The van der Waals surface area contributed by atoms with Crippen molar-refractivity contribution in [3.05, 3.63) is 62.2 Å². The Bertz CT molecular complexity index is 599. The van der Waals surface area contributed by atoms with Crippen LogP contribution in [0.25, 0.3) is 0 Å². The number of hydrogen-bond donors (Lipinski definition) is 1. The zero-order chi connectivity index (χ0) is 13.8. The van der Waals surface area contributed by atoms with Gasteiger partial charge in [0.15, 0.2) is 0 Å². The van der Waals surface area contributed by atoms with Crippen molar-refractivity contribution >= 4 is 27.4 Å². The van der Waals surface area contributed by atoms with Gasteiger partial charge in [-0.25, -0.2) is 4.98 Å². The van der Waals surface area contributed by atoms with E-state index < -0.39 is 4.92 Å². The molecule has 2 aromatic rings. The van der Waals surface area contributed by atoms with E-state index in [4.69, 9.17) is 0 Å². The lowest BCUT2D eigenvalue weighted by Crippen LogP contribution is -2.03. The van der Waals surface area contributed by atoms with E-state index in [2.05, 4.69) is 26.2 Å². The molecule has 0 radical (unpaired) electrons. The highest BCUT2D eigenvalue weighted by Gasteiger charge is 2.04. The molecule has 0 bridgehead atoms. The van der Waals surface area contributed by atoms with Crippen molar-refractivity contribution in [1.82, 2.24) is 4.98 Å². The molecule has 19 heavy (non-hydrogen) atoms. The number of pyridine rings is 1. The summed E-state index contributed by atoms with van der Waals surface area (Å²) >= 11 is 3.36. The largest absolute Gasteiger partial charge is 0.366 e. The maximum absolute atomic E-state index is 10.5. The molecule has 0 saturated carbocycles. The Labute approximate surface area is 119 Å². The second-order valence-electron chi connectivity index (χ2n) is 4.10. The standard InChI is InChI=1S/C13H12BrN3O2/c1-9-6-11(14)8-16-13(9)15-7-10-2-4-12(5-3-10)17(18)19/h2-6,8H,7H2,1H3,(H,15,16). The van der Waals surface area contributed by atoms with E-state index in [9.17, 15) is 10.1 Å². The number of rotatable bonds is 4. The highest BCUT2D eigenvalue weighted by Crippen LogP contribution is 2.18. The van der Waals surface area contributed by atoms with Gasteiger partial charge >= 0.3 is 0 Å². The normalized spacial score (nSPS) is 10.2. The van der Waals surface area contributed by atoms with Gasteiger partial charge in [0.1, 0.15) is 5.82 Å². The average molecular weight is 322 g/mol. The van der Waals surface area contributed by atoms with Crippen LogP contribution in [0.3, 0.4) is 0 Å². The van der Waals surface area contributed by atoms with Crippen LogP contribution in [0.5, 0.6) is 0 Å². The van der Waals surface area contributed by atoms with E-state index >= 15 is 0 Å². The summed E-state index contributed by atoms with van der Waals surface area (Å²) in [6, 6.07) is 8.45. The fourth-order valence-corrected chi connectivity index (χ4v) is 2.09. The number of nitro groups is 1. The molecule has 0 amide bonds. The predicted octanol–water partition coefficient (Wildman–Crippen LogP) is 3.67. The van der Waals surface area contributed by atoms with Crippen LogP contribution in [0, 0.1) is 17.0 Å². The minimum Gasteiger partial charge on any atom is -0.366 e. The van der Waals surface area contributed by atoms with Crippen LogP contribution in [-0.2, 0) is 6.54 Å². The SMILES string of the molecule is Cc1cc(Br)cnc1NCc1ccc([N+](=O)[O-])cc1. The average Bonchev–Trinajstić information content (AvgIpc) is 2.38. The highest BCUT2D eigenvalue weighted by molar-refractivity contribution is 9.10. The molecular weight excluding hydrogens is 310 g/mol. The quantitative estimate of drug-likeness (QED) is 0.689. The second-order valence-corrected chi connectivity index (χ2v) is 5.01. The van der Waals surface area contributed by atoms with Crippen LogP contribution in [0.2, 0.25) is 0 Å². The van der Waals surface area contributed by atoms with Crippen LogP contribution in [-0.4, -0.2) is 9.91 Å². The third kappa shape index (κ3) is 3.51. The molecular formula is C13H12BrN3O2. The second kappa shape index (κ2) is 5.79. The van der Waals surface area contributed by atoms with Gasteiger partial charge in [0, 0.05) is 29.3 Å². The molecule has 0 aliphatic heterocycles. The Morgan fingerprint density at radius 2 is 2.05 bits per heavy atom. The number of nitrogens with zero attached hydrogens (tertiary/aromatic N) is 2. The van der Waals surface area contributed by atoms with E-state index in [1.807, 2.05) is 13.0 Å². The minimum absolute atomic E-state index is 0.0988. The van der Waals surface area contributed by atoms with Gasteiger partial charge in [-0.15, -0.1) is 0 Å². The molecule has 0 spiro atoms. The third-order valence-corrected chi connectivity index (χ3v) is 3.09. The molecule has 0 aliphatic carbocycles. The van der Waals surface area contributed by atoms with Crippen molar-refractivity contribution in [2.24, 2.45) is 0 Å². The van der Waals surface area contributed by atoms with Crippen molar-refractivity contribution in [2.45, 2.75) is 13.5 Å². The summed E-state index contributed by atoms with van der Waals surface area (Å²) in [5.41, 5.74) is 2.10. The fourth-order valence-electron chi connectivity index (χ4n) is 1.65. The lowest BCUT2D eigenvalue weighted by Gasteiger charge is -2.08. The molecule has 98 valence electrons. The first kappa shape index (κ1) is 13.5. The van der Waals surface area contributed by atoms with Gasteiger partial charge < -0.3 is 5.32 Å². The van der Waals surface area contributed by atoms with E-state index in [0.29, 0.717) is 6.54 Å². The Morgan fingerprint density at radius 1 is 1.37 bits per heavy atom. The number of non-ortho nitro benzene ring substituents is 1. The van der Waals surface area contributed by atoms with Crippen molar-refractivity contribution in [3.63, 3.8) is 0 Å². The number of aryl methyl sites for hydroxylation is 1. The first-order valence-electron chi connectivity index (χ1n) is 5.65. The zero-order valence-electron chi connectivity index (χ0n) is 10.3. The minimum atomic E-state index is -0.405. The van der Waals surface area contributed by atoms with Crippen LogP contribution >= 0.6 is 15.9 Å². The summed E-state index contributed by atoms with van der Waals surface area (Å²) < 4.78 is 0.936. The number of nitrogens with one attached hydrogen (secondary N) is 1. The maximum atomic E-state index is 10.5. The van der Waals surface area contributed by atoms with Gasteiger partial charge in [-0.2, -0.15) is 0 Å². The Hall–Kier alpha value is -1.95. The number of benzene rings is 1. The molecule has 1 aromatic heterocycles. The molecule has 1 heterocycles. The van der Waals surface area contributed by atoms with Gasteiger partial charge in [-0.1, -0.05) is 12.1 Å². The first-order chi connectivity index (χ1) is 9.06. The van der Waals surface area contributed by atoms with Gasteiger partial charge in [0.25, 0.3) is 5.69 Å². The molecule has 0 fully saturated rings. The van der Waals surface area contributed by atoms with Gasteiger partial charge in [0.05, 0.1) is 4.92 Å². The topological polar surface area (TPSA) is 68.1 Å². The smallest absolute Gasteiger partial charge is 0.269 e. The lowest BCUT2D eigenvalue weighted by atomic mass is 10.2. The number of halogens is 1. The third-order valence-electron chi connectivity index (χ3n) is 2.65. The van der Waals surface area contributed by atoms with Crippen molar-refractivity contribution < 1.29 is 4.92 Å². The van der Waals surface area contributed by atoms with E-state index in [0.717, 1.165) is 21.4 Å². The van der Waals surface area contributed by atoms with Crippen LogP contribution < -0.4 is 5.32 Å². The number of aromatic nitrogens is 1. The summed E-state index contributed by atoms with van der Waals surface area (Å²) in [4.78, 5) is 14.4. The van der Waals surface area contributed by atoms with Crippen LogP contribution in [0.15, 0.2) is 41.0 Å². The molecule has 0 saturated heterocycles. The van der Waals surface area contributed by atoms with Gasteiger partial charge in [0.2, 0.25) is 0 Å². The molecule has 0 unspecified atom stereocenters. The number of anilines is 1. The molecule has 0 aliphatic rings. The summed E-state index contributed by atoms with van der Waals surface area (Å²) in [6.07, 6.45) is 1.73. The predicted molar refractivity (Wildman–Crippen MR) is 77.1 cm³/mol. The number of nitro benzene ring substituents is 1. The van der Waals surface area contributed by atoms with E-state index in [-0.39, 0.29) is 5.69 Å². The maximum Gasteiger partial charge on any atom is 0.269 e. The Morgan fingerprint density at radius 3 is 2.63 bits per heavy atom. The summed E-state index contributed by atoms with van der Waals surface area (Å²) in [6.45, 7) is 2.55. The van der Waals surface area contributed by atoms with Crippen molar-refractivity contribution in [3.8, 4) is 0 Å². The first-order valence-corrected chi connectivity index (χ1v) is 6.45. The van der Waals surface area contributed by atoms with E-state index in [1.54, 1.807) is 18.3 Å². The van der Waals surface area contributed by atoms with Crippen molar-refractivity contribution in [2.75, 3.05) is 5.32 Å². The molecule has 6 heteroatoms. The van der Waals surface area contributed by atoms with Crippen LogP contribution in [0.4, 0.5) is 11.5 Å². The Kier molecular flexibility index (Phi) is 4.11. The zero-order valence-corrected chi connectivity index (χ0v) is 11.8. The monoisotopic (exact) mass is 321 g/mol. The van der Waals surface area contributed by atoms with E-state index in [1.165, 1.54) is 12.1 Å². The molecule has 2 rings (SSSR count). The molecule has 5 nitrogen and oxygen atoms in total. The summed E-state index contributed by atoms with van der Waals surface area (Å²) in [5, 5.41) is 13.7.